The number of aryl methyl sites for hydroxylation is 1. The quantitative estimate of drug-likeness (QED) is 0.798. The number of hydrogen-bond acceptors (Lipinski definition) is 6. The molecule has 134 valence electrons. The third kappa shape index (κ3) is 2.65. The minimum Gasteiger partial charge on any atom is -0.460 e. The van der Waals surface area contributed by atoms with Crippen LogP contribution in [0.5, 0.6) is 0 Å². The van der Waals surface area contributed by atoms with Crippen LogP contribution in [0.15, 0.2) is 12.7 Å². The highest BCUT2D eigenvalue weighted by Gasteiger charge is 2.51. The molecule has 2 fully saturated rings. The normalized spacial score (nSPS) is 25.8. The molecule has 0 spiro atoms. The topological polar surface area (TPSA) is 73.1 Å². The Morgan fingerprint density at radius 3 is 2.80 bits per heavy atom. The standard InChI is InChI=1S/C18H25N5O2/c1-5-22-10-21-14-15(22)19-9-20-16(14)23-11-6-7-13(23)12(8-11)17(24)25-18(2,3)4/h9-13H,5-8H2,1-4H3. The van der Waals surface area contributed by atoms with Crippen LogP contribution in [0.4, 0.5) is 5.82 Å². The molecule has 2 bridgehead atoms. The first-order chi connectivity index (χ1) is 11.9. The maximum atomic E-state index is 12.6. The Hall–Kier alpha value is -2.18. The fourth-order valence-electron chi connectivity index (χ4n) is 4.24. The van der Waals surface area contributed by atoms with Crippen molar-refractivity contribution in [2.75, 3.05) is 4.90 Å². The van der Waals surface area contributed by atoms with E-state index in [-0.39, 0.29) is 17.9 Å². The Morgan fingerprint density at radius 1 is 1.28 bits per heavy atom. The molecule has 0 radical (unpaired) electrons. The van der Waals surface area contributed by atoms with Crippen molar-refractivity contribution in [1.82, 2.24) is 19.5 Å². The van der Waals surface area contributed by atoms with Crippen LogP contribution in [-0.4, -0.2) is 43.2 Å². The minimum absolute atomic E-state index is 0.0868. The van der Waals surface area contributed by atoms with E-state index in [9.17, 15) is 4.79 Å². The summed E-state index contributed by atoms with van der Waals surface area (Å²) in [7, 11) is 0. The number of imidazole rings is 1. The van der Waals surface area contributed by atoms with Crippen molar-refractivity contribution in [1.29, 1.82) is 0 Å². The van der Waals surface area contributed by atoms with Crippen molar-refractivity contribution in [3.8, 4) is 0 Å². The van der Waals surface area contributed by atoms with Gasteiger partial charge in [0.2, 0.25) is 0 Å². The lowest BCUT2D eigenvalue weighted by Gasteiger charge is -2.27. The first-order valence-electron chi connectivity index (χ1n) is 9.06. The van der Waals surface area contributed by atoms with Crippen LogP contribution < -0.4 is 4.90 Å². The highest BCUT2D eigenvalue weighted by molar-refractivity contribution is 5.85. The number of rotatable bonds is 3. The molecule has 7 heteroatoms. The van der Waals surface area contributed by atoms with Gasteiger partial charge in [0.1, 0.15) is 11.9 Å². The van der Waals surface area contributed by atoms with Crippen LogP contribution in [0, 0.1) is 5.92 Å². The summed E-state index contributed by atoms with van der Waals surface area (Å²) in [6.45, 7) is 8.64. The third-order valence-corrected chi connectivity index (χ3v) is 5.21. The smallest absolute Gasteiger partial charge is 0.311 e. The van der Waals surface area contributed by atoms with Gasteiger partial charge < -0.3 is 14.2 Å². The first-order valence-corrected chi connectivity index (χ1v) is 9.06. The zero-order valence-corrected chi connectivity index (χ0v) is 15.3. The molecule has 25 heavy (non-hydrogen) atoms. The summed E-state index contributed by atoms with van der Waals surface area (Å²) in [6, 6.07) is 0.470. The molecule has 2 aromatic heterocycles. The van der Waals surface area contributed by atoms with Gasteiger partial charge in [-0.25, -0.2) is 15.0 Å². The molecular weight excluding hydrogens is 318 g/mol. The van der Waals surface area contributed by atoms with Crippen LogP contribution in [0.3, 0.4) is 0 Å². The average Bonchev–Trinajstić information content (AvgIpc) is 3.24. The van der Waals surface area contributed by atoms with Gasteiger partial charge in [-0.2, -0.15) is 0 Å². The molecule has 0 amide bonds. The number of hydrogen-bond donors (Lipinski definition) is 0. The van der Waals surface area contributed by atoms with E-state index < -0.39 is 5.60 Å². The van der Waals surface area contributed by atoms with Crippen LogP contribution in [-0.2, 0) is 16.1 Å². The molecule has 2 saturated heterocycles. The molecule has 4 rings (SSSR count). The number of anilines is 1. The maximum absolute atomic E-state index is 12.6. The van der Waals surface area contributed by atoms with Gasteiger partial charge >= 0.3 is 5.97 Å². The molecule has 2 aliphatic heterocycles. The van der Waals surface area contributed by atoms with E-state index in [1.165, 1.54) is 0 Å². The lowest BCUT2D eigenvalue weighted by atomic mass is 9.89. The van der Waals surface area contributed by atoms with E-state index in [0.29, 0.717) is 6.04 Å². The molecule has 0 saturated carbocycles. The molecular formula is C18H25N5O2. The monoisotopic (exact) mass is 343 g/mol. The van der Waals surface area contributed by atoms with E-state index in [0.717, 1.165) is 42.8 Å². The second-order valence-electron chi connectivity index (χ2n) is 7.98. The fraction of sp³-hybridized carbons (Fsp3) is 0.667. The Labute approximate surface area is 147 Å². The van der Waals surface area contributed by atoms with Crippen molar-refractivity contribution >= 4 is 23.0 Å². The fourth-order valence-corrected chi connectivity index (χ4v) is 4.24. The van der Waals surface area contributed by atoms with E-state index in [4.69, 9.17) is 4.74 Å². The Bertz CT molecular complexity index is 809. The molecule has 3 atom stereocenters. The summed E-state index contributed by atoms with van der Waals surface area (Å²) in [4.78, 5) is 28.4. The summed E-state index contributed by atoms with van der Waals surface area (Å²) >= 11 is 0. The predicted octanol–water partition coefficient (Wildman–Crippen LogP) is 2.55. The highest BCUT2D eigenvalue weighted by Crippen LogP contribution is 2.45. The van der Waals surface area contributed by atoms with Gasteiger partial charge in [-0.05, 0) is 47.0 Å². The largest absolute Gasteiger partial charge is 0.460 e. The van der Waals surface area contributed by atoms with Gasteiger partial charge in [0.15, 0.2) is 17.0 Å². The van der Waals surface area contributed by atoms with Gasteiger partial charge in [-0.15, -0.1) is 0 Å². The lowest BCUT2D eigenvalue weighted by molar-refractivity contribution is -0.160. The third-order valence-electron chi connectivity index (χ3n) is 5.21. The lowest BCUT2D eigenvalue weighted by Crippen LogP contribution is -2.37. The molecule has 0 aromatic carbocycles. The summed E-state index contributed by atoms with van der Waals surface area (Å²) in [5, 5.41) is 0. The number of esters is 1. The zero-order chi connectivity index (χ0) is 17.8. The van der Waals surface area contributed by atoms with Crippen molar-refractivity contribution in [3.05, 3.63) is 12.7 Å². The first kappa shape index (κ1) is 16.3. The second kappa shape index (κ2) is 5.68. The van der Waals surface area contributed by atoms with Gasteiger partial charge in [0.05, 0.1) is 12.2 Å². The van der Waals surface area contributed by atoms with E-state index in [2.05, 4.69) is 26.8 Å². The van der Waals surface area contributed by atoms with Crippen LogP contribution in [0.2, 0.25) is 0 Å². The number of ether oxygens (including phenoxy) is 1. The van der Waals surface area contributed by atoms with Crippen molar-refractivity contribution in [2.24, 2.45) is 5.92 Å². The van der Waals surface area contributed by atoms with E-state index in [1.807, 2.05) is 31.7 Å². The summed E-state index contributed by atoms with van der Waals surface area (Å²) in [6.07, 6.45) is 6.33. The van der Waals surface area contributed by atoms with Gasteiger partial charge in [-0.1, -0.05) is 0 Å². The SMILES string of the molecule is CCn1cnc2c(N3C4CCC3C(C(=O)OC(C)(C)C)C4)ncnc21. The van der Waals surface area contributed by atoms with Gasteiger partial charge in [0, 0.05) is 18.6 Å². The maximum Gasteiger partial charge on any atom is 0.311 e. The molecule has 4 heterocycles. The Balaban J connectivity index is 1.66. The molecule has 3 unspecified atom stereocenters. The summed E-state index contributed by atoms with van der Waals surface area (Å²) in [5.74, 6) is 0.682. The second-order valence-corrected chi connectivity index (χ2v) is 7.98. The number of carbonyl (C=O) groups excluding carboxylic acids is 1. The van der Waals surface area contributed by atoms with Crippen LogP contribution in [0.1, 0.15) is 47.0 Å². The minimum atomic E-state index is -0.453. The van der Waals surface area contributed by atoms with Gasteiger partial charge in [-0.3, -0.25) is 4.79 Å². The Morgan fingerprint density at radius 2 is 2.08 bits per heavy atom. The van der Waals surface area contributed by atoms with Crippen molar-refractivity contribution < 1.29 is 9.53 Å². The number of aromatic nitrogens is 4. The number of carbonyl (C=O) groups is 1. The van der Waals surface area contributed by atoms with Crippen LogP contribution in [0.25, 0.3) is 11.2 Å². The molecule has 0 aliphatic carbocycles. The predicted molar refractivity (Wildman–Crippen MR) is 94.2 cm³/mol. The van der Waals surface area contributed by atoms with E-state index >= 15 is 0 Å². The molecule has 7 nitrogen and oxygen atoms in total. The average molecular weight is 343 g/mol. The summed E-state index contributed by atoms with van der Waals surface area (Å²) in [5.41, 5.74) is 1.23. The highest BCUT2D eigenvalue weighted by atomic mass is 16.6. The Kier molecular flexibility index (Phi) is 3.70. The molecule has 0 N–H and O–H groups in total. The van der Waals surface area contributed by atoms with E-state index in [1.54, 1.807) is 6.33 Å². The molecule has 2 aromatic rings. The summed E-state index contributed by atoms with van der Waals surface area (Å²) < 4.78 is 7.67. The van der Waals surface area contributed by atoms with Gasteiger partial charge in [0.25, 0.3) is 0 Å². The number of nitrogens with zero attached hydrogens (tertiary/aromatic N) is 5. The van der Waals surface area contributed by atoms with Crippen molar-refractivity contribution in [2.45, 2.75) is 71.2 Å². The van der Waals surface area contributed by atoms with Crippen LogP contribution >= 0.6 is 0 Å². The zero-order valence-electron chi connectivity index (χ0n) is 15.3. The van der Waals surface area contributed by atoms with Crippen molar-refractivity contribution in [3.63, 3.8) is 0 Å². The molecule has 2 aliphatic rings. The number of fused-ring (bicyclic) bond motifs is 3.